The van der Waals surface area contributed by atoms with Crippen LogP contribution in [0.4, 0.5) is 0 Å². The van der Waals surface area contributed by atoms with Gasteiger partial charge >= 0.3 is 5.97 Å². The summed E-state index contributed by atoms with van der Waals surface area (Å²) in [4.78, 5) is 13.7. The summed E-state index contributed by atoms with van der Waals surface area (Å²) in [6.45, 7) is 1.90. The lowest BCUT2D eigenvalue weighted by Crippen LogP contribution is -2.22. The molecule has 0 bridgehead atoms. The zero-order valence-corrected chi connectivity index (χ0v) is 19.5. The van der Waals surface area contributed by atoms with Crippen molar-refractivity contribution in [1.29, 1.82) is 0 Å². The molecule has 0 radical (unpaired) electrons. The van der Waals surface area contributed by atoms with Gasteiger partial charge in [0.05, 0.1) is 0 Å². The zero-order chi connectivity index (χ0) is 23.8. The maximum atomic E-state index is 13.7. The Bertz CT molecular complexity index is 1590. The van der Waals surface area contributed by atoms with E-state index < -0.39 is 12.1 Å². The molecule has 0 spiro atoms. The fraction of sp³-hybridized carbons (Fsp3) is 0.0938. The van der Waals surface area contributed by atoms with Crippen molar-refractivity contribution >= 4 is 38.4 Å². The van der Waals surface area contributed by atoms with Gasteiger partial charge in [-0.3, -0.25) is 0 Å². The predicted molar refractivity (Wildman–Crippen MR) is 142 cm³/mol. The summed E-state index contributed by atoms with van der Waals surface area (Å²) < 4.78 is 8.40. The molecular formula is C32H25NO2. The highest BCUT2D eigenvalue weighted by Gasteiger charge is 2.27. The largest absolute Gasteiger partial charge is 0.451 e. The topological polar surface area (TPSA) is 31.2 Å². The maximum absolute atomic E-state index is 13.7. The molecule has 5 aromatic carbocycles. The molecule has 6 rings (SSSR count). The van der Waals surface area contributed by atoms with Gasteiger partial charge in [0.25, 0.3) is 0 Å². The van der Waals surface area contributed by atoms with E-state index >= 15 is 0 Å². The number of nitrogens with zero attached hydrogens (tertiary/aromatic N) is 1. The SMILES string of the molecule is C[C@@H](C(=O)OC(c1cccc2ccccc12)c1cccc2ccccc12)n1ccc2ccccc21. The van der Waals surface area contributed by atoms with Crippen LogP contribution in [0, 0.1) is 0 Å². The van der Waals surface area contributed by atoms with Crippen LogP contribution in [0.25, 0.3) is 32.4 Å². The molecule has 0 aliphatic carbocycles. The molecule has 0 aliphatic heterocycles. The standard InChI is InChI=1S/C32H25NO2/c1-22(33-21-20-25-12-4-7-19-30(25)33)32(34)35-31(28-17-8-13-23-10-2-5-15-26(23)28)29-18-9-14-24-11-3-6-16-27(24)29/h2-22,31H,1H3/t22-/m0/s1. The quantitative estimate of drug-likeness (QED) is 0.248. The van der Waals surface area contributed by atoms with Crippen LogP contribution in [0.3, 0.4) is 0 Å². The lowest BCUT2D eigenvalue weighted by Gasteiger charge is -2.24. The van der Waals surface area contributed by atoms with Crippen molar-refractivity contribution in [1.82, 2.24) is 4.57 Å². The van der Waals surface area contributed by atoms with Crippen LogP contribution in [0.5, 0.6) is 0 Å². The minimum Gasteiger partial charge on any atom is -0.451 e. The smallest absolute Gasteiger partial charge is 0.329 e. The van der Waals surface area contributed by atoms with E-state index in [9.17, 15) is 4.79 Å². The number of benzene rings is 5. The van der Waals surface area contributed by atoms with Gasteiger partial charge in [0.2, 0.25) is 0 Å². The van der Waals surface area contributed by atoms with Crippen LogP contribution in [-0.2, 0) is 9.53 Å². The van der Waals surface area contributed by atoms with E-state index in [-0.39, 0.29) is 5.97 Å². The van der Waals surface area contributed by atoms with Gasteiger partial charge in [0, 0.05) is 22.8 Å². The predicted octanol–water partition coefficient (Wildman–Crippen LogP) is 7.84. The maximum Gasteiger partial charge on any atom is 0.329 e. The van der Waals surface area contributed by atoms with Gasteiger partial charge in [0.1, 0.15) is 6.04 Å². The van der Waals surface area contributed by atoms with E-state index in [1.165, 1.54) is 0 Å². The molecule has 3 heteroatoms. The van der Waals surface area contributed by atoms with Gasteiger partial charge in [0.15, 0.2) is 6.10 Å². The normalized spacial score (nSPS) is 12.4. The number of esters is 1. The summed E-state index contributed by atoms with van der Waals surface area (Å²) in [5, 5.41) is 5.51. The monoisotopic (exact) mass is 455 g/mol. The third kappa shape index (κ3) is 3.75. The number of hydrogen-bond acceptors (Lipinski definition) is 2. The molecule has 6 aromatic rings. The van der Waals surface area contributed by atoms with Crippen LogP contribution >= 0.6 is 0 Å². The molecule has 0 N–H and O–H groups in total. The van der Waals surface area contributed by atoms with E-state index in [0.717, 1.165) is 43.6 Å². The number of rotatable bonds is 5. The number of carbonyl (C=O) groups excluding carboxylic acids is 1. The van der Waals surface area contributed by atoms with Crippen LogP contribution < -0.4 is 0 Å². The molecule has 0 unspecified atom stereocenters. The highest BCUT2D eigenvalue weighted by molar-refractivity contribution is 5.91. The number of aromatic nitrogens is 1. The molecule has 0 fully saturated rings. The Morgan fingerprint density at radius 2 is 1.14 bits per heavy atom. The third-order valence-electron chi connectivity index (χ3n) is 6.83. The first-order chi connectivity index (χ1) is 17.2. The Morgan fingerprint density at radius 3 is 1.77 bits per heavy atom. The van der Waals surface area contributed by atoms with E-state index in [0.29, 0.717) is 0 Å². The number of fused-ring (bicyclic) bond motifs is 3. The summed E-state index contributed by atoms with van der Waals surface area (Å²) in [5.74, 6) is -0.266. The minimum atomic E-state index is -0.538. The summed E-state index contributed by atoms with van der Waals surface area (Å²) in [6.07, 6.45) is 1.42. The van der Waals surface area contributed by atoms with Gasteiger partial charge in [-0.05, 0) is 46.0 Å². The molecule has 0 saturated heterocycles. The average molecular weight is 456 g/mol. The van der Waals surface area contributed by atoms with Gasteiger partial charge in [-0.2, -0.15) is 0 Å². The first kappa shape index (κ1) is 21.2. The van der Waals surface area contributed by atoms with Crippen molar-refractivity contribution in [3.8, 4) is 0 Å². The van der Waals surface area contributed by atoms with Gasteiger partial charge in [-0.25, -0.2) is 4.79 Å². The Balaban J connectivity index is 1.48. The van der Waals surface area contributed by atoms with Crippen molar-refractivity contribution in [3.05, 3.63) is 133 Å². The number of hydrogen-bond donors (Lipinski definition) is 0. The lowest BCUT2D eigenvalue weighted by atomic mass is 9.92. The number of ether oxygens (including phenoxy) is 1. The Labute approximate surface area is 204 Å². The van der Waals surface area contributed by atoms with E-state index in [1.807, 2.05) is 78.4 Å². The van der Waals surface area contributed by atoms with Crippen LogP contribution in [0.1, 0.15) is 30.2 Å². The molecule has 35 heavy (non-hydrogen) atoms. The summed E-state index contributed by atoms with van der Waals surface area (Å²) >= 11 is 0. The summed E-state index contributed by atoms with van der Waals surface area (Å²) in [5.41, 5.74) is 2.98. The highest BCUT2D eigenvalue weighted by Crippen LogP contribution is 2.36. The van der Waals surface area contributed by atoms with E-state index in [2.05, 4.69) is 54.6 Å². The Hall–Kier alpha value is -4.37. The van der Waals surface area contributed by atoms with E-state index in [4.69, 9.17) is 4.74 Å². The highest BCUT2D eigenvalue weighted by atomic mass is 16.5. The first-order valence-corrected chi connectivity index (χ1v) is 11.9. The number of para-hydroxylation sites is 1. The van der Waals surface area contributed by atoms with Crippen molar-refractivity contribution in [2.24, 2.45) is 0 Å². The molecule has 170 valence electrons. The van der Waals surface area contributed by atoms with Crippen molar-refractivity contribution in [2.45, 2.75) is 19.1 Å². The molecule has 1 aromatic heterocycles. The molecule has 1 atom stereocenters. The Kier molecular flexibility index (Phi) is 5.31. The minimum absolute atomic E-state index is 0.266. The molecule has 0 amide bonds. The second-order valence-electron chi connectivity index (χ2n) is 8.91. The average Bonchev–Trinajstić information content (AvgIpc) is 3.35. The van der Waals surface area contributed by atoms with E-state index in [1.54, 1.807) is 0 Å². The molecule has 0 aliphatic rings. The molecular weight excluding hydrogens is 430 g/mol. The second kappa shape index (κ2) is 8.77. The Morgan fingerprint density at radius 1 is 0.629 bits per heavy atom. The molecule has 0 saturated carbocycles. The molecule has 3 nitrogen and oxygen atoms in total. The van der Waals surface area contributed by atoms with Crippen molar-refractivity contribution in [2.75, 3.05) is 0 Å². The van der Waals surface area contributed by atoms with Crippen molar-refractivity contribution in [3.63, 3.8) is 0 Å². The third-order valence-corrected chi connectivity index (χ3v) is 6.83. The lowest BCUT2D eigenvalue weighted by molar-refractivity contribution is -0.150. The van der Waals surface area contributed by atoms with Gasteiger partial charge < -0.3 is 9.30 Å². The fourth-order valence-electron chi connectivity index (χ4n) is 5.02. The summed E-state index contributed by atoms with van der Waals surface area (Å²) in [7, 11) is 0. The fourth-order valence-corrected chi connectivity index (χ4v) is 5.02. The van der Waals surface area contributed by atoms with Crippen molar-refractivity contribution < 1.29 is 9.53 Å². The van der Waals surface area contributed by atoms with Crippen LogP contribution in [0.15, 0.2) is 121 Å². The van der Waals surface area contributed by atoms with Gasteiger partial charge in [-0.15, -0.1) is 0 Å². The number of carbonyl (C=O) groups is 1. The molecule has 1 heterocycles. The van der Waals surface area contributed by atoms with Gasteiger partial charge in [-0.1, -0.05) is 103 Å². The first-order valence-electron chi connectivity index (χ1n) is 11.9. The van der Waals surface area contributed by atoms with Crippen LogP contribution in [-0.4, -0.2) is 10.5 Å². The van der Waals surface area contributed by atoms with Crippen LogP contribution in [0.2, 0.25) is 0 Å². The summed E-state index contributed by atoms with van der Waals surface area (Å²) in [6, 6.07) is 38.5. The second-order valence-corrected chi connectivity index (χ2v) is 8.91. The zero-order valence-electron chi connectivity index (χ0n) is 19.5.